The van der Waals surface area contributed by atoms with E-state index in [1.807, 2.05) is 6.92 Å². The number of nitrogens with one attached hydrogen (secondary N) is 1. The Kier molecular flexibility index (Phi) is 24.8. The topological polar surface area (TPSA) is 206 Å². The second kappa shape index (κ2) is 32.0. The Bertz CT molecular complexity index is 2640. The molecule has 80 heavy (non-hydrogen) atoms. The van der Waals surface area contributed by atoms with Gasteiger partial charge in [0.1, 0.15) is 32.2 Å². The maximum atomic E-state index is 14.0. The zero-order chi connectivity index (χ0) is 56.8. The maximum Gasteiger partial charge on any atom is 0.306 e. The van der Waals surface area contributed by atoms with Gasteiger partial charge in [0.05, 0.1) is 133 Å². The number of fused-ring (bicyclic) bond motifs is 5. The molecule has 0 saturated carbocycles. The fraction of sp³-hybridized carbons (Fsp3) is 0.574. The van der Waals surface area contributed by atoms with E-state index in [2.05, 4.69) is 58.2 Å². The van der Waals surface area contributed by atoms with Gasteiger partial charge in [0, 0.05) is 68.5 Å². The van der Waals surface area contributed by atoms with Crippen molar-refractivity contribution in [2.45, 2.75) is 80.3 Å². The predicted molar refractivity (Wildman–Crippen MR) is 305 cm³/mol. The van der Waals surface area contributed by atoms with E-state index in [0.717, 1.165) is 91.9 Å². The second-order valence-corrected chi connectivity index (χ2v) is 19.8. The van der Waals surface area contributed by atoms with E-state index in [-0.39, 0.29) is 76.2 Å². The van der Waals surface area contributed by atoms with Gasteiger partial charge < -0.3 is 72.0 Å². The van der Waals surface area contributed by atoms with Crippen molar-refractivity contribution in [1.29, 1.82) is 0 Å². The van der Waals surface area contributed by atoms with E-state index in [0.29, 0.717) is 115 Å². The first-order valence-corrected chi connectivity index (χ1v) is 28.1. The highest BCUT2D eigenvalue weighted by molar-refractivity contribution is 6.21. The number of aliphatic imine (C=N–C) groups is 3. The summed E-state index contributed by atoms with van der Waals surface area (Å²) >= 11 is 0. The van der Waals surface area contributed by atoms with Crippen molar-refractivity contribution in [3.8, 4) is 17.2 Å². The number of carbonyl (C=O) groups is 1. The predicted octanol–water partition coefficient (Wildman–Crippen LogP) is 8.77. The third kappa shape index (κ3) is 16.5. The molecule has 2 atom stereocenters. The maximum absolute atomic E-state index is 14.0. The van der Waals surface area contributed by atoms with Gasteiger partial charge in [-0.2, -0.15) is 0 Å². The molecule has 5 heterocycles. The molecule has 19 heteroatoms. The van der Waals surface area contributed by atoms with Crippen molar-refractivity contribution in [3.05, 3.63) is 109 Å². The summed E-state index contributed by atoms with van der Waals surface area (Å²) in [6.45, 7) is 19.4. The molecule has 438 valence electrons. The first-order chi connectivity index (χ1) is 39.0. The molecule has 8 bridgehead atoms. The highest BCUT2D eigenvalue weighted by Gasteiger charge is 2.41. The van der Waals surface area contributed by atoms with Gasteiger partial charge in [-0.25, -0.2) is 15.0 Å². The van der Waals surface area contributed by atoms with Crippen molar-refractivity contribution in [3.63, 3.8) is 0 Å². The van der Waals surface area contributed by atoms with Crippen LogP contribution in [0, 0.1) is 11.8 Å². The molecule has 1 saturated heterocycles. The zero-order valence-corrected chi connectivity index (χ0v) is 48.5. The summed E-state index contributed by atoms with van der Waals surface area (Å²) in [5.74, 6) is 0.839. The van der Waals surface area contributed by atoms with E-state index in [4.69, 9.17) is 76.6 Å². The molecule has 5 aliphatic heterocycles. The van der Waals surface area contributed by atoms with Crippen LogP contribution in [-0.4, -0.2) is 168 Å². The van der Waals surface area contributed by atoms with E-state index >= 15 is 0 Å². The number of rotatable bonds is 37. The lowest BCUT2D eigenvalue weighted by Gasteiger charge is -2.19. The number of aliphatic hydroxyl groups is 1. The summed E-state index contributed by atoms with van der Waals surface area (Å²) in [4.78, 5) is 29.7. The van der Waals surface area contributed by atoms with Crippen LogP contribution in [0.3, 0.4) is 0 Å². The number of hydrogen-bond acceptors (Lipinski definition) is 19. The van der Waals surface area contributed by atoms with E-state index in [1.54, 1.807) is 33.5 Å². The number of esters is 1. The molecule has 7 rings (SSSR count). The second-order valence-electron chi connectivity index (χ2n) is 19.8. The monoisotopic (exact) mass is 1110 g/mol. The molecule has 1 aromatic carbocycles. The Balaban J connectivity index is 1.10. The van der Waals surface area contributed by atoms with Crippen molar-refractivity contribution in [1.82, 2.24) is 5.32 Å². The molecule has 0 radical (unpaired) electrons. The number of allylic oxidation sites excluding steroid dienone is 12. The Morgan fingerprint density at radius 2 is 1.09 bits per heavy atom. The average Bonchev–Trinajstić information content (AvgIpc) is 4.31. The summed E-state index contributed by atoms with van der Waals surface area (Å²) in [5.41, 5.74) is 14.8. The number of carbonyl (C=O) groups excluding carboxylic acids is 1. The van der Waals surface area contributed by atoms with Crippen LogP contribution in [0.15, 0.2) is 119 Å². The van der Waals surface area contributed by atoms with Crippen LogP contribution in [-0.2, 0) is 58.8 Å². The van der Waals surface area contributed by atoms with Crippen LogP contribution in [0.5, 0.6) is 17.2 Å². The number of nitrogens with zero attached hydrogens (tertiary/aromatic N) is 3. The number of benzene rings is 1. The van der Waals surface area contributed by atoms with Crippen molar-refractivity contribution < 1.29 is 71.5 Å². The highest BCUT2D eigenvalue weighted by Crippen LogP contribution is 2.47. The fourth-order valence-electron chi connectivity index (χ4n) is 10.2. The molecule has 0 spiro atoms. The minimum atomic E-state index is -0.376. The number of aliphatic hydroxyl groups excluding tert-OH is 1. The van der Waals surface area contributed by atoms with Gasteiger partial charge in [0.25, 0.3) is 0 Å². The van der Waals surface area contributed by atoms with E-state index in [9.17, 15) is 9.90 Å². The summed E-state index contributed by atoms with van der Waals surface area (Å²) in [6, 6.07) is 3.58. The van der Waals surface area contributed by atoms with Crippen molar-refractivity contribution in [2.24, 2.45) is 26.8 Å². The molecule has 1 aliphatic carbocycles. The lowest BCUT2D eigenvalue weighted by Crippen LogP contribution is -2.16. The number of methoxy groups -OCH3 is 3. The highest BCUT2D eigenvalue weighted by atomic mass is 16.6. The van der Waals surface area contributed by atoms with Crippen LogP contribution < -0.4 is 19.5 Å². The molecule has 1 aromatic rings. The van der Waals surface area contributed by atoms with Crippen LogP contribution >= 0.6 is 0 Å². The SMILES string of the molecule is CCC1=C(C)C2=NC1=CC1=C(C)C3=C(O)CC(=C4NC(=CC5=NC(=C2)C(CC)=C5C)[C@@H](C)[C@@H]4CCC(=O)OCc2cc(OCCOCCOCCOC)c(OCCOCCOCCOC)c(OCCOCCOCCOC)c2)C3=N1. The normalized spacial score (nSPS) is 18.5. The minimum Gasteiger partial charge on any atom is -0.511 e. The Morgan fingerprint density at radius 3 is 1.60 bits per heavy atom. The molecule has 0 unspecified atom stereocenters. The van der Waals surface area contributed by atoms with Crippen molar-refractivity contribution >= 4 is 23.1 Å². The molecule has 2 N–H and O–H groups in total. The van der Waals surface area contributed by atoms with Crippen LogP contribution in [0.1, 0.15) is 79.2 Å². The van der Waals surface area contributed by atoms with Crippen LogP contribution in [0.25, 0.3) is 0 Å². The fourth-order valence-corrected chi connectivity index (χ4v) is 10.2. The minimum absolute atomic E-state index is 0.0398. The molecule has 0 aromatic heterocycles. The van der Waals surface area contributed by atoms with Gasteiger partial charge in [-0.15, -0.1) is 0 Å². The van der Waals surface area contributed by atoms with Gasteiger partial charge in [-0.05, 0) is 104 Å². The molecular formula is C61H84N4O15. The van der Waals surface area contributed by atoms with E-state index in [1.165, 1.54) is 5.57 Å². The van der Waals surface area contributed by atoms with Crippen LogP contribution in [0.4, 0.5) is 0 Å². The molecule has 1 fully saturated rings. The Hall–Kier alpha value is -5.74. The summed E-state index contributed by atoms with van der Waals surface area (Å²) in [7, 11) is 4.88. The van der Waals surface area contributed by atoms with E-state index < -0.39 is 0 Å². The zero-order valence-electron chi connectivity index (χ0n) is 48.5. The largest absolute Gasteiger partial charge is 0.511 e. The van der Waals surface area contributed by atoms with Gasteiger partial charge >= 0.3 is 5.97 Å². The van der Waals surface area contributed by atoms with Gasteiger partial charge in [0.2, 0.25) is 5.75 Å². The van der Waals surface area contributed by atoms with Gasteiger partial charge in [-0.1, -0.05) is 20.8 Å². The smallest absolute Gasteiger partial charge is 0.306 e. The lowest BCUT2D eigenvalue weighted by atomic mass is 9.86. The molecule has 19 nitrogen and oxygen atoms in total. The summed E-state index contributed by atoms with van der Waals surface area (Å²) in [6.07, 6.45) is 8.86. The summed E-state index contributed by atoms with van der Waals surface area (Å²) in [5, 5.41) is 15.5. The Morgan fingerprint density at radius 1 is 0.613 bits per heavy atom. The van der Waals surface area contributed by atoms with Crippen molar-refractivity contribution in [2.75, 3.05) is 140 Å². The Labute approximate surface area is 472 Å². The van der Waals surface area contributed by atoms with Gasteiger partial charge in [0.15, 0.2) is 11.5 Å². The first kappa shape index (κ1) is 61.9. The third-order valence-corrected chi connectivity index (χ3v) is 14.5. The first-order valence-electron chi connectivity index (χ1n) is 28.1. The molecule has 6 aliphatic rings. The molecule has 0 amide bonds. The quantitative estimate of drug-likeness (QED) is 0.0472. The molecular weight excluding hydrogens is 1030 g/mol. The summed E-state index contributed by atoms with van der Waals surface area (Å²) < 4.78 is 74.2. The third-order valence-electron chi connectivity index (χ3n) is 14.5. The standard InChI is InChI=1S/C61H84N4O15/c1-10-44-39(3)48-35-50-41(5)46(59(64-50)47-34-54(66)58-42(6)51(65-60(47)58)37-53-45(11-2)40(4)49(63-53)36-52(44)62-48)12-13-57(67)80-38-43-32-55(77-29-26-74-23-20-71-17-14-68-7)61(79-31-28-76-25-22-73-19-16-70-9)56(33-43)78-30-27-75-24-21-72-18-15-69-8/h32-33,35-37,41,46,64,66H,10-31,34,38H2,1-9H3/t41-,46-/m0/s1. The number of ether oxygens (including phenoxy) is 13. The average molecular weight is 1110 g/mol. The number of hydrogen-bond donors (Lipinski definition) is 2. The van der Waals surface area contributed by atoms with Gasteiger partial charge in [-0.3, -0.25) is 4.79 Å². The lowest BCUT2D eigenvalue weighted by molar-refractivity contribution is -0.145. The van der Waals surface area contributed by atoms with Crippen LogP contribution in [0.2, 0.25) is 0 Å².